The van der Waals surface area contributed by atoms with Crippen LogP contribution in [0, 0.1) is 45.3 Å². The molecule has 42 heavy (non-hydrogen) atoms. The van der Waals surface area contributed by atoms with Gasteiger partial charge in [0.05, 0.1) is 0 Å². The molecule has 192 valence electrons. The van der Waals surface area contributed by atoms with E-state index in [1.54, 1.807) is 9.80 Å². The number of fused-ring (bicyclic) bond motifs is 4. The van der Waals surface area contributed by atoms with E-state index in [1.807, 2.05) is 109 Å². The van der Waals surface area contributed by atoms with Gasteiger partial charge in [0.2, 0.25) is 0 Å². The fourth-order valence-electron chi connectivity index (χ4n) is 5.07. The minimum atomic E-state index is -0.161. The monoisotopic (exact) mass is 538 g/mol. The van der Waals surface area contributed by atoms with E-state index in [0.717, 1.165) is 21.5 Å². The molecule has 0 N–H and O–H groups in total. The van der Waals surface area contributed by atoms with Gasteiger partial charge in [0.25, 0.3) is 0 Å². The lowest BCUT2D eigenvalue weighted by Gasteiger charge is -2.36. The van der Waals surface area contributed by atoms with Gasteiger partial charge in [-0.15, -0.1) is 0 Å². The molecule has 0 radical (unpaired) electrons. The Balaban J connectivity index is 1.60. The fraction of sp³-hybridized carbons (Fsp3) is 0. The summed E-state index contributed by atoms with van der Waals surface area (Å²) in [5, 5.41) is 43.3. The molecule has 0 aliphatic carbocycles. The molecule has 0 amide bonds. The van der Waals surface area contributed by atoms with E-state index in [4.69, 9.17) is 0 Å². The van der Waals surface area contributed by atoms with E-state index >= 15 is 0 Å². The summed E-state index contributed by atoms with van der Waals surface area (Å²) < 4.78 is 0. The van der Waals surface area contributed by atoms with Gasteiger partial charge in [-0.1, -0.05) is 60.7 Å². The molecule has 3 heterocycles. The molecule has 1 aliphatic heterocycles. The first-order valence-corrected chi connectivity index (χ1v) is 12.7. The van der Waals surface area contributed by atoms with Gasteiger partial charge >= 0.3 is 0 Å². The Morgan fingerprint density at radius 1 is 0.405 bits per heavy atom. The fourth-order valence-corrected chi connectivity index (χ4v) is 5.07. The van der Waals surface area contributed by atoms with Crippen LogP contribution in [-0.4, -0.2) is 19.9 Å². The van der Waals surface area contributed by atoms with Gasteiger partial charge in [-0.2, -0.15) is 21.0 Å². The average Bonchev–Trinajstić information content (AvgIpc) is 3.05. The Morgan fingerprint density at radius 2 is 0.714 bits per heavy atom. The highest BCUT2D eigenvalue weighted by Crippen LogP contribution is 2.51. The van der Waals surface area contributed by atoms with E-state index in [1.165, 1.54) is 0 Å². The Bertz CT molecular complexity index is 2040. The van der Waals surface area contributed by atoms with Crippen molar-refractivity contribution in [1.82, 2.24) is 19.9 Å². The molecule has 6 aromatic rings. The molecule has 10 heteroatoms. The van der Waals surface area contributed by atoms with Crippen LogP contribution in [0.1, 0.15) is 22.8 Å². The quantitative estimate of drug-likeness (QED) is 0.244. The van der Waals surface area contributed by atoms with Crippen molar-refractivity contribution in [2.45, 2.75) is 0 Å². The standard InChI is InChI=1S/C32H14N10/c33-15-25-27(17-35)39-31-29(37-25)41(23-11-9-19-5-1-3-7-21(19)13-23)30-32(40-28(18-36)26(16-34)38-30)42(31)24-12-10-20-6-2-4-8-22(20)14-24/h1-14H. The summed E-state index contributed by atoms with van der Waals surface area (Å²) in [7, 11) is 0. The number of aromatic nitrogens is 4. The van der Waals surface area contributed by atoms with Gasteiger partial charge in [-0.05, 0) is 45.8 Å². The first-order valence-electron chi connectivity index (χ1n) is 12.7. The lowest BCUT2D eigenvalue weighted by atomic mass is 10.1. The van der Waals surface area contributed by atoms with E-state index in [9.17, 15) is 21.0 Å². The lowest BCUT2D eigenvalue weighted by Crippen LogP contribution is -2.29. The van der Waals surface area contributed by atoms with Crippen molar-refractivity contribution in [1.29, 1.82) is 21.0 Å². The normalized spacial score (nSPS) is 11.6. The van der Waals surface area contributed by atoms with Gasteiger partial charge in [0.1, 0.15) is 24.3 Å². The van der Waals surface area contributed by atoms with Crippen molar-refractivity contribution in [3.8, 4) is 24.3 Å². The molecule has 0 atom stereocenters. The number of nitriles is 4. The lowest BCUT2D eigenvalue weighted by molar-refractivity contribution is 0.965. The molecule has 10 nitrogen and oxygen atoms in total. The summed E-state index contributed by atoms with van der Waals surface area (Å²) >= 11 is 0. The smallest absolute Gasteiger partial charge is 0.184 e. The van der Waals surface area contributed by atoms with E-state index in [2.05, 4.69) is 19.9 Å². The Morgan fingerprint density at radius 3 is 1.02 bits per heavy atom. The second-order valence-electron chi connectivity index (χ2n) is 9.32. The third-order valence-corrected chi connectivity index (χ3v) is 6.97. The molecular weight excluding hydrogens is 524 g/mol. The summed E-state index contributed by atoms with van der Waals surface area (Å²) in [6, 6.07) is 34.9. The Hall–Kier alpha value is -6.88. The van der Waals surface area contributed by atoms with Crippen LogP contribution in [0.4, 0.5) is 34.6 Å². The highest BCUT2D eigenvalue weighted by molar-refractivity contribution is 5.99. The Labute approximate surface area is 238 Å². The topological polar surface area (TPSA) is 153 Å². The molecule has 1 aliphatic rings. The van der Waals surface area contributed by atoms with Crippen molar-refractivity contribution in [3.63, 3.8) is 0 Å². The number of anilines is 6. The highest BCUT2D eigenvalue weighted by atomic mass is 15.4. The summed E-state index contributed by atoms with van der Waals surface area (Å²) in [5.41, 5.74) is 0.578. The van der Waals surface area contributed by atoms with Gasteiger partial charge < -0.3 is 0 Å². The van der Waals surface area contributed by atoms with Crippen molar-refractivity contribution in [3.05, 3.63) is 108 Å². The van der Waals surface area contributed by atoms with Crippen LogP contribution in [-0.2, 0) is 0 Å². The number of hydrogen-bond donors (Lipinski definition) is 0. The molecule has 0 bridgehead atoms. The maximum absolute atomic E-state index is 9.85. The molecule has 4 aromatic carbocycles. The van der Waals surface area contributed by atoms with Crippen LogP contribution in [0.2, 0.25) is 0 Å². The molecule has 0 saturated heterocycles. The minimum absolute atomic E-state index is 0.161. The van der Waals surface area contributed by atoms with Crippen LogP contribution >= 0.6 is 0 Å². The number of nitrogens with zero attached hydrogens (tertiary/aromatic N) is 10. The second-order valence-corrected chi connectivity index (χ2v) is 9.32. The van der Waals surface area contributed by atoms with Crippen molar-refractivity contribution in [2.75, 3.05) is 9.80 Å². The third kappa shape index (κ3) is 3.62. The maximum Gasteiger partial charge on any atom is 0.184 e. The van der Waals surface area contributed by atoms with Crippen molar-refractivity contribution < 1.29 is 0 Å². The predicted octanol–water partition coefficient (Wildman–Crippen LogP) is 6.31. The number of rotatable bonds is 2. The largest absolute Gasteiger partial charge is 0.273 e. The van der Waals surface area contributed by atoms with Crippen molar-refractivity contribution >= 4 is 56.2 Å². The zero-order chi connectivity index (χ0) is 28.8. The molecule has 0 saturated carbocycles. The van der Waals surface area contributed by atoms with Gasteiger partial charge in [-0.3, -0.25) is 9.80 Å². The van der Waals surface area contributed by atoms with Crippen LogP contribution in [0.25, 0.3) is 21.5 Å². The second kappa shape index (κ2) is 9.39. The summed E-state index contributed by atoms with van der Waals surface area (Å²) in [6.07, 6.45) is 0. The van der Waals surface area contributed by atoms with Gasteiger partial charge in [0.15, 0.2) is 46.0 Å². The van der Waals surface area contributed by atoms with E-state index < -0.39 is 0 Å². The van der Waals surface area contributed by atoms with Gasteiger partial charge in [-0.25, -0.2) is 19.9 Å². The predicted molar refractivity (Wildman–Crippen MR) is 154 cm³/mol. The third-order valence-electron chi connectivity index (χ3n) is 6.97. The zero-order valence-electron chi connectivity index (χ0n) is 21.6. The number of hydrogen-bond acceptors (Lipinski definition) is 10. The van der Waals surface area contributed by atoms with E-state index in [0.29, 0.717) is 11.4 Å². The highest BCUT2D eigenvalue weighted by Gasteiger charge is 2.38. The number of benzene rings is 4. The average molecular weight is 539 g/mol. The molecule has 7 rings (SSSR count). The zero-order valence-corrected chi connectivity index (χ0v) is 21.6. The summed E-state index contributed by atoms with van der Waals surface area (Å²) in [4.78, 5) is 21.7. The van der Waals surface area contributed by atoms with Crippen molar-refractivity contribution in [2.24, 2.45) is 0 Å². The molecule has 0 spiro atoms. The van der Waals surface area contributed by atoms with Crippen LogP contribution in [0.3, 0.4) is 0 Å². The minimum Gasteiger partial charge on any atom is -0.273 e. The molecule has 2 aromatic heterocycles. The van der Waals surface area contributed by atoms with Gasteiger partial charge in [0, 0.05) is 11.4 Å². The SMILES string of the molecule is N#Cc1nc2c(nc1C#N)N(c1ccc3ccccc3c1)c1nc(C#N)c(C#N)nc1N2c1ccc2ccccc2c1. The Kier molecular flexibility index (Phi) is 5.41. The van der Waals surface area contributed by atoms with E-state index in [-0.39, 0.29) is 46.0 Å². The first kappa shape index (κ1) is 24.2. The summed E-state index contributed by atoms with van der Waals surface area (Å²) in [6.45, 7) is 0. The summed E-state index contributed by atoms with van der Waals surface area (Å²) in [5.74, 6) is 0.850. The van der Waals surface area contributed by atoms with Crippen LogP contribution in [0.5, 0.6) is 0 Å². The molecule has 0 fully saturated rings. The first-order chi connectivity index (χ1) is 20.6. The van der Waals surface area contributed by atoms with Crippen LogP contribution in [0.15, 0.2) is 84.9 Å². The maximum atomic E-state index is 9.85. The molecule has 0 unspecified atom stereocenters. The van der Waals surface area contributed by atoms with Crippen LogP contribution < -0.4 is 9.80 Å². The molecular formula is C32H14N10.